The molecular weight excluding hydrogens is 180 g/mol. The lowest BCUT2D eigenvalue weighted by Crippen LogP contribution is -2.15. The zero-order chi connectivity index (χ0) is 9.54. The third-order valence-electron chi connectivity index (χ3n) is 2.28. The van der Waals surface area contributed by atoms with Gasteiger partial charge in [-0.05, 0) is 0 Å². The van der Waals surface area contributed by atoms with Crippen molar-refractivity contribution >= 4 is 12.0 Å². The molecule has 0 radical (unpaired) electrons. The monoisotopic (exact) mass is 188 g/mol. The molecule has 0 unspecified atom stereocenters. The van der Waals surface area contributed by atoms with Crippen molar-refractivity contribution in [2.45, 2.75) is 6.42 Å². The molecule has 0 saturated heterocycles. The average Bonchev–Trinajstić information content (AvgIpc) is 2.62. The van der Waals surface area contributed by atoms with Gasteiger partial charge in [-0.3, -0.25) is 0 Å². The fourth-order valence-electron chi connectivity index (χ4n) is 1.59. The quantitative estimate of drug-likeness (QED) is 0.643. The first-order valence-electron chi connectivity index (χ1n) is 4.32. The molecule has 1 aromatic rings. The summed E-state index contributed by atoms with van der Waals surface area (Å²) in [5, 5.41) is 20.3. The van der Waals surface area contributed by atoms with Crippen LogP contribution in [0.1, 0.15) is 6.42 Å². The number of aromatic nitrogens is 3. The smallest absolute Gasteiger partial charge is 0.154 e. The average molecular weight is 188 g/mol. The molecule has 0 fully saturated rings. The molecule has 1 aliphatic carbocycles. The van der Waals surface area contributed by atoms with Crippen molar-refractivity contribution in [3.05, 3.63) is 35.4 Å². The Labute approximate surface area is 80.0 Å². The second-order valence-corrected chi connectivity index (χ2v) is 3.20. The number of anilines is 1. The highest BCUT2D eigenvalue weighted by Gasteiger charge is 2.19. The summed E-state index contributed by atoms with van der Waals surface area (Å²) in [6.45, 7) is 0. The molecule has 2 aliphatic rings. The third kappa shape index (κ3) is 0.891. The van der Waals surface area contributed by atoms with Crippen LogP contribution in [0, 0.1) is 0 Å². The lowest BCUT2D eigenvalue weighted by Gasteiger charge is -2.20. The fourth-order valence-corrected chi connectivity index (χ4v) is 1.59. The maximum atomic E-state index is 9.64. The summed E-state index contributed by atoms with van der Waals surface area (Å²) in [5.74, 6) is 1.12. The number of hydrogen-bond acceptors (Lipinski definition) is 4. The number of fused-ring (bicyclic) bond motifs is 2. The molecule has 0 atom stereocenters. The van der Waals surface area contributed by atoms with Crippen molar-refractivity contribution in [1.29, 1.82) is 0 Å². The van der Waals surface area contributed by atoms with Gasteiger partial charge in [-0.15, -0.1) is 5.10 Å². The summed E-state index contributed by atoms with van der Waals surface area (Å²) in [7, 11) is 0. The van der Waals surface area contributed by atoms with Gasteiger partial charge in [0, 0.05) is 18.2 Å². The highest BCUT2D eigenvalue weighted by atomic mass is 16.3. The number of rotatable bonds is 0. The van der Waals surface area contributed by atoms with Gasteiger partial charge in [0.1, 0.15) is 5.76 Å². The second-order valence-electron chi connectivity index (χ2n) is 3.20. The summed E-state index contributed by atoms with van der Waals surface area (Å²) < 4.78 is 1.64. The number of nitrogens with zero attached hydrogens (tertiary/aromatic N) is 3. The molecule has 0 bridgehead atoms. The van der Waals surface area contributed by atoms with Crippen LogP contribution in [-0.2, 0) is 0 Å². The van der Waals surface area contributed by atoms with Crippen LogP contribution in [0.4, 0.5) is 5.82 Å². The van der Waals surface area contributed by atoms with Crippen LogP contribution in [-0.4, -0.2) is 20.1 Å². The van der Waals surface area contributed by atoms with Crippen LogP contribution < -0.4 is 5.32 Å². The van der Waals surface area contributed by atoms with Crippen molar-refractivity contribution in [1.82, 2.24) is 15.0 Å². The molecule has 70 valence electrons. The maximum Gasteiger partial charge on any atom is 0.154 e. The minimum atomic E-state index is 0.353. The van der Waals surface area contributed by atoms with Crippen LogP contribution in [0.2, 0.25) is 0 Å². The van der Waals surface area contributed by atoms with E-state index in [1.54, 1.807) is 10.9 Å². The summed E-state index contributed by atoms with van der Waals surface area (Å²) in [6, 6.07) is 0. The number of nitrogens with one attached hydrogen (secondary N) is 1. The molecule has 0 aromatic carbocycles. The molecule has 3 rings (SSSR count). The Kier molecular flexibility index (Phi) is 1.30. The van der Waals surface area contributed by atoms with E-state index in [4.69, 9.17) is 0 Å². The SMILES string of the molecule is OC1=C2Nc3cnnn3C=C2C=CC1. The fraction of sp³-hybridized carbons (Fsp3) is 0.111. The van der Waals surface area contributed by atoms with Gasteiger partial charge in [-0.1, -0.05) is 17.4 Å². The van der Waals surface area contributed by atoms with Gasteiger partial charge < -0.3 is 10.4 Å². The molecule has 1 aromatic heterocycles. The first-order valence-corrected chi connectivity index (χ1v) is 4.32. The Hall–Kier alpha value is -2.04. The van der Waals surface area contributed by atoms with Gasteiger partial charge >= 0.3 is 0 Å². The summed E-state index contributed by atoms with van der Waals surface area (Å²) >= 11 is 0. The van der Waals surface area contributed by atoms with E-state index in [-0.39, 0.29) is 0 Å². The van der Waals surface area contributed by atoms with Crippen molar-refractivity contribution in [3.63, 3.8) is 0 Å². The minimum absolute atomic E-state index is 0.353. The van der Waals surface area contributed by atoms with E-state index >= 15 is 0 Å². The Morgan fingerprint density at radius 2 is 2.43 bits per heavy atom. The standard InChI is InChI=1S/C9H8N4O/c14-7-3-1-2-6-5-13-8(4-10-12-13)11-9(6)7/h1-2,4-5,11,14H,3H2. The predicted octanol–water partition coefficient (Wildman–Crippen LogP) is 1.27. The Morgan fingerprint density at radius 3 is 3.36 bits per heavy atom. The van der Waals surface area contributed by atoms with Crippen molar-refractivity contribution in [2.75, 3.05) is 5.32 Å². The molecule has 2 N–H and O–H groups in total. The maximum absolute atomic E-state index is 9.64. The highest BCUT2D eigenvalue weighted by Crippen LogP contribution is 2.28. The third-order valence-corrected chi connectivity index (χ3v) is 2.28. The lowest BCUT2D eigenvalue weighted by molar-refractivity contribution is 0.394. The molecule has 14 heavy (non-hydrogen) atoms. The van der Waals surface area contributed by atoms with E-state index < -0.39 is 0 Å². The molecule has 2 heterocycles. The summed E-state index contributed by atoms with van der Waals surface area (Å²) in [5.41, 5.74) is 1.68. The minimum Gasteiger partial charge on any atom is -0.510 e. The first-order chi connectivity index (χ1) is 6.84. The van der Waals surface area contributed by atoms with Crippen LogP contribution >= 0.6 is 0 Å². The van der Waals surface area contributed by atoms with Gasteiger partial charge in [-0.2, -0.15) is 0 Å². The Bertz CT molecular complexity index is 481. The van der Waals surface area contributed by atoms with E-state index in [0.717, 1.165) is 17.1 Å². The lowest BCUT2D eigenvalue weighted by atomic mass is 10.0. The van der Waals surface area contributed by atoms with Crippen LogP contribution in [0.25, 0.3) is 6.20 Å². The predicted molar refractivity (Wildman–Crippen MR) is 51.3 cm³/mol. The van der Waals surface area contributed by atoms with Crippen molar-refractivity contribution in [3.8, 4) is 0 Å². The second kappa shape index (κ2) is 2.47. The normalized spacial score (nSPS) is 18.4. The summed E-state index contributed by atoms with van der Waals surface area (Å²) in [4.78, 5) is 0. The van der Waals surface area contributed by atoms with E-state index in [9.17, 15) is 5.11 Å². The van der Waals surface area contributed by atoms with E-state index in [1.807, 2.05) is 18.4 Å². The van der Waals surface area contributed by atoms with E-state index in [0.29, 0.717) is 12.2 Å². The molecule has 5 heteroatoms. The van der Waals surface area contributed by atoms with E-state index in [1.165, 1.54) is 0 Å². The number of hydrogen-bond donors (Lipinski definition) is 2. The van der Waals surface area contributed by atoms with Crippen LogP contribution in [0.15, 0.2) is 35.4 Å². The summed E-state index contributed by atoms with van der Waals surface area (Å²) in [6.07, 6.45) is 7.88. The zero-order valence-electron chi connectivity index (χ0n) is 7.31. The van der Waals surface area contributed by atoms with Gasteiger partial charge in [0.2, 0.25) is 0 Å². The van der Waals surface area contributed by atoms with Gasteiger partial charge in [0.25, 0.3) is 0 Å². The van der Waals surface area contributed by atoms with Gasteiger partial charge in [-0.25, -0.2) is 4.68 Å². The molecule has 0 spiro atoms. The molecule has 0 saturated carbocycles. The number of aliphatic hydroxyl groups excluding tert-OH is 1. The van der Waals surface area contributed by atoms with Gasteiger partial charge in [0.05, 0.1) is 11.9 Å². The highest BCUT2D eigenvalue weighted by molar-refractivity contribution is 5.66. The van der Waals surface area contributed by atoms with E-state index in [2.05, 4.69) is 15.6 Å². The molecule has 0 amide bonds. The molecular formula is C9H8N4O. The number of allylic oxidation sites excluding steroid dienone is 2. The van der Waals surface area contributed by atoms with Gasteiger partial charge in [0.15, 0.2) is 5.82 Å². The Morgan fingerprint density at radius 1 is 1.50 bits per heavy atom. The number of aliphatic hydroxyl groups is 1. The topological polar surface area (TPSA) is 63.0 Å². The molecule has 1 aliphatic heterocycles. The van der Waals surface area contributed by atoms with Crippen molar-refractivity contribution < 1.29 is 5.11 Å². The molecule has 5 nitrogen and oxygen atoms in total. The first kappa shape index (κ1) is 7.37. The zero-order valence-corrected chi connectivity index (χ0v) is 7.31. The van der Waals surface area contributed by atoms with Crippen molar-refractivity contribution in [2.24, 2.45) is 0 Å². The van der Waals surface area contributed by atoms with Crippen LogP contribution in [0.5, 0.6) is 0 Å². The Balaban J connectivity index is 2.19. The largest absolute Gasteiger partial charge is 0.510 e. The van der Waals surface area contributed by atoms with Crippen LogP contribution in [0.3, 0.4) is 0 Å².